The third-order valence-corrected chi connectivity index (χ3v) is 6.87. The quantitative estimate of drug-likeness (QED) is 0.357. The molecule has 34 heavy (non-hydrogen) atoms. The molecule has 3 rings (SSSR count). The molecule has 0 saturated heterocycles. The van der Waals surface area contributed by atoms with Crippen LogP contribution in [0.25, 0.3) is 0 Å². The molecule has 1 amide bonds. The van der Waals surface area contributed by atoms with E-state index in [1.165, 1.54) is 43.7 Å². The lowest BCUT2D eigenvalue weighted by atomic mass is 10.2. The Morgan fingerprint density at radius 3 is 2.29 bits per heavy atom. The predicted molar refractivity (Wildman–Crippen MR) is 135 cm³/mol. The van der Waals surface area contributed by atoms with Crippen LogP contribution >= 0.6 is 11.6 Å². The topological polar surface area (TPSA) is 91.3 Å². The first-order valence-electron chi connectivity index (χ1n) is 10.2. The summed E-state index contributed by atoms with van der Waals surface area (Å²) < 4.78 is 32.8. The number of hydrogen-bond donors (Lipinski definition) is 1. The van der Waals surface area contributed by atoms with Crippen LogP contribution in [0.1, 0.15) is 5.56 Å². The molecular weight excluding hydrogens is 476 g/mol. The average Bonchev–Trinajstić information content (AvgIpc) is 2.82. The van der Waals surface area contributed by atoms with Crippen LogP contribution in [0, 0.1) is 0 Å². The van der Waals surface area contributed by atoms with Crippen molar-refractivity contribution in [2.45, 2.75) is 4.90 Å². The van der Waals surface area contributed by atoms with Crippen molar-refractivity contribution in [2.75, 3.05) is 37.0 Å². The summed E-state index contributed by atoms with van der Waals surface area (Å²) in [5.41, 5.74) is 4.45. The lowest BCUT2D eigenvalue weighted by Gasteiger charge is -2.24. The highest BCUT2D eigenvalue weighted by molar-refractivity contribution is 7.92. The van der Waals surface area contributed by atoms with Gasteiger partial charge in [0.05, 0.1) is 23.9 Å². The molecule has 0 spiro atoms. The van der Waals surface area contributed by atoms with E-state index in [1.54, 1.807) is 18.2 Å². The van der Waals surface area contributed by atoms with Gasteiger partial charge in [-0.2, -0.15) is 5.10 Å². The van der Waals surface area contributed by atoms with Crippen molar-refractivity contribution in [1.82, 2.24) is 5.43 Å². The summed E-state index contributed by atoms with van der Waals surface area (Å²) in [7, 11) is 1.29. The molecule has 3 aromatic carbocycles. The van der Waals surface area contributed by atoms with Gasteiger partial charge in [-0.05, 0) is 60.2 Å². The van der Waals surface area contributed by atoms with Crippen molar-refractivity contribution < 1.29 is 17.9 Å². The maximum Gasteiger partial charge on any atom is 0.264 e. The molecule has 0 unspecified atom stereocenters. The van der Waals surface area contributed by atoms with Crippen LogP contribution in [-0.4, -0.2) is 48.3 Å². The van der Waals surface area contributed by atoms with Crippen molar-refractivity contribution in [1.29, 1.82) is 0 Å². The zero-order valence-corrected chi connectivity index (χ0v) is 20.5. The highest BCUT2D eigenvalue weighted by Crippen LogP contribution is 2.27. The molecule has 8 nitrogen and oxygen atoms in total. The molecule has 0 aliphatic carbocycles. The third kappa shape index (κ3) is 6.27. The highest BCUT2D eigenvalue weighted by Gasteiger charge is 2.27. The zero-order valence-electron chi connectivity index (χ0n) is 19.0. The van der Waals surface area contributed by atoms with E-state index in [9.17, 15) is 13.2 Å². The Kier molecular flexibility index (Phi) is 8.14. The summed E-state index contributed by atoms with van der Waals surface area (Å²) in [6, 6.07) is 19.7. The Balaban J connectivity index is 1.80. The molecule has 0 bridgehead atoms. The van der Waals surface area contributed by atoms with Crippen LogP contribution in [0.2, 0.25) is 5.02 Å². The predicted octanol–water partition coefficient (Wildman–Crippen LogP) is 3.76. The van der Waals surface area contributed by atoms with Gasteiger partial charge in [0, 0.05) is 24.8 Å². The van der Waals surface area contributed by atoms with Crippen LogP contribution in [0.15, 0.2) is 82.8 Å². The number of carbonyl (C=O) groups is 1. The van der Waals surface area contributed by atoms with E-state index >= 15 is 0 Å². The number of methoxy groups -OCH3 is 1. The Bertz CT molecular complexity index is 1260. The fourth-order valence-corrected chi connectivity index (χ4v) is 4.62. The summed E-state index contributed by atoms with van der Waals surface area (Å²) in [5, 5.41) is 4.30. The summed E-state index contributed by atoms with van der Waals surface area (Å²) in [6.45, 7) is -0.494. The average molecular weight is 501 g/mol. The molecule has 0 aliphatic rings. The van der Waals surface area contributed by atoms with E-state index in [2.05, 4.69) is 10.5 Å². The third-order valence-electron chi connectivity index (χ3n) is 4.84. The Morgan fingerprint density at radius 1 is 1.03 bits per heavy atom. The van der Waals surface area contributed by atoms with Crippen LogP contribution in [0.3, 0.4) is 0 Å². The van der Waals surface area contributed by atoms with E-state index < -0.39 is 22.5 Å². The molecule has 10 heteroatoms. The fourth-order valence-electron chi connectivity index (χ4n) is 3.02. The van der Waals surface area contributed by atoms with Gasteiger partial charge in [-0.15, -0.1) is 0 Å². The van der Waals surface area contributed by atoms with Gasteiger partial charge in [-0.25, -0.2) is 13.8 Å². The number of sulfonamides is 1. The van der Waals surface area contributed by atoms with Crippen molar-refractivity contribution in [3.8, 4) is 5.75 Å². The first-order chi connectivity index (χ1) is 16.2. The van der Waals surface area contributed by atoms with E-state index in [0.717, 1.165) is 15.6 Å². The van der Waals surface area contributed by atoms with Crippen molar-refractivity contribution >= 4 is 45.1 Å². The summed E-state index contributed by atoms with van der Waals surface area (Å²) in [6.07, 6.45) is 1.49. The molecule has 0 radical (unpaired) electrons. The molecule has 0 aromatic heterocycles. The smallest absolute Gasteiger partial charge is 0.264 e. The van der Waals surface area contributed by atoms with Crippen molar-refractivity contribution in [3.05, 3.63) is 83.4 Å². The van der Waals surface area contributed by atoms with Crippen LogP contribution in [0.4, 0.5) is 11.4 Å². The van der Waals surface area contributed by atoms with Crippen molar-refractivity contribution in [3.63, 3.8) is 0 Å². The van der Waals surface area contributed by atoms with Gasteiger partial charge >= 0.3 is 0 Å². The van der Waals surface area contributed by atoms with Gasteiger partial charge in [-0.1, -0.05) is 29.8 Å². The lowest BCUT2D eigenvalue weighted by molar-refractivity contribution is -0.119. The fraction of sp³-hybridized carbons (Fsp3) is 0.167. The second-order valence-electron chi connectivity index (χ2n) is 7.45. The number of anilines is 2. The Morgan fingerprint density at radius 2 is 1.71 bits per heavy atom. The Labute approximate surface area is 204 Å². The van der Waals surface area contributed by atoms with Crippen LogP contribution in [0.5, 0.6) is 5.75 Å². The summed E-state index contributed by atoms with van der Waals surface area (Å²) in [5.74, 6) is -0.0998. The maximum atomic E-state index is 13.4. The van der Waals surface area contributed by atoms with Gasteiger partial charge in [-0.3, -0.25) is 9.10 Å². The number of nitrogens with one attached hydrogen (secondary N) is 1. The number of hydrazone groups is 1. The molecule has 0 fully saturated rings. The number of rotatable bonds is 9. The number of nitrogens with zero attached hydrogens (tertiary/aromatic N) is 3. The molecular formula is C24H25ClN4O4S. The Hall–Kier alpha value is -3.56. The van der Waals surface area contributed by atoms with Gasteiger partial charge in [0.15, 0.2) is 0 Å². The monoisotopic (exact) mass is 500 g/mol. The van der Waals surface area contributed by atoms with Gasteiger partial charge in [0.2, 0.25) is 0 Å². The van der Waals surface area contributed by atoms with Gasteiger partial charge < -0.3 is 9.64 Å². The minimum atomic E-state index is -4.08. The minimum Gasteiger partial charge on any atom is -0.497 e. The molecule has 3 aromatic rings. The number of ether oxygens (including phenoxy) is 1. The molecule has 1 N–H and O–H groups in total. The first kappa shape index (κ1) is 25.1. The molecule has 0 aliphatic heterocycles. The normalized spacial score (nSPS) is 11.3. The van der Waals surface area contributed by atoms with Gasteiger partial charge in [0.1, 0.15) is 12.3 Å². The number of amides is 1. The van der Waals surface area contributed by atoms with E-state index in [1.807, 2.05) is 43.3 Å². The van der Waals surface area contributed by atoms with Crippen LogP contribution in [-0.2, 0) is 14.8 Å². The summed E-state index contributed by atoms with van der Waals surface area (Å²) in [4.78, 5) is 14.6. The van der Waals surface area contributed by atoms with Gasteiger partial charge in [0.25, 0.3) is 15.9 Å². The molecule has 0 heterocycles. The van der Waals surface area contributed by atoms with Crippen molar-refractivity contribution in [2.24, 2.45) is 5.10 Å². The SMILES string of the molecule is COc1ccc(S(=O)(=O)N(CC(=O)N/N=C\c2ccc(N(C)C)cc2)c2cccc(Cl)c2)cc1. The number of carbonyl (C=O) groups excluding carboxylic acids is 1. The molecule has 0 atom stereocenters. The molecule has 0 saturated carbocycles. The number of benzene rings is 3. The molecule has 178 valence electrons. The van der Waals surface area contributed by atoms with E-state index in [0.29, 0.717) is 10.8 Å². The van der Waals surface area contributed by atoms with E-state index in [4.69, 9.17) is 16.3 Å². The number of halogens is 1. The minimum absolute atomic E-state index is 0.00515. The second kappa shape index (κ2) is 11.0. The highest BCUT2D eigenvalue weighted by atomic mass is 35.5. The number of hydrogen-bond acceptors (Lipinski definition) is 6. The standard InChI is InChI=1S/C24H25ClN4O4S/c1-28(2)20-9-7-18(8-10-20)16-26-27-24(30)17-29(21-6-4-5-19(25)15-21)34(31,32)23-13-11-22(33-3)12-14-23/h4-16H,17H2,1-3H3,(H,27,30)/b26-16-. The first-order valence-corrected chi connectivity index (χ1v) is 12.0. The summed E-state index contributed by atoms with van der Waals surface area (Å²) >= 11 is 6.08. The second-order valence-corrected chi connectivity index (χ2v) is 9.74. The zero-order chi connectivity index (χ0) is 24.7. The van der Waals surface area contributed by atoms with Crippen LogP contribution < -0.4 is 19.4 Å². The largest absolute Gasteiger partial charge is 0.497 e. The lowest BCUT2D eigenvalue weighted by Crippen LogP contribution is -2.39. The maximum absolute atomic E-state index is 13.4. The van der Waals surface area contributed by atoms with E-state index in [-0.39, 0.29) is 10.6 Å².